The molecule has 0 aliphatic carbocycles. The Hall–Kier alpha value is -3.35. The highest BCUT2D eigenvalue weighted by Gasteiger charge is 2.07. The highest BCUT2D eigenvalue weighted by molar-refractivity contribution is 5.46. The Morgan fingerprint density at radius 1 is 0.931 bits per heavy atom. The van der Waals surface area contributed by atoms with Gasteiger partial charge in [0.2, 0.25) is 5.95 Å². The van der Waals surface area contributed by atoms with Gasteiger partial charge in [0.05, 0.1) is 14.2 Å². The van der Waals surface area contributed by atoms with Gasteiger partial charge in [-0.2, -0.15) is 4.98 Å². The molecule has 0 aliphatic rings. The second-order valence-electron chi connectivity index (χ2n) is 6.53. The molecule has 0 amide bonds. The lowest BCUT2D eigenvalue weighted by Gasteiger charge is -2.12. The monoisotopic (exact) mass is 396 g/mol. The third-order valence-corrected chi connectivity index (χ3v) is 4.41. The summed E-state index contributed by atoms with van der Waals surface area (Å²) in [6, 6.07) is 14.4. The maximum Gasteiger partial charge on any atom is 0.224 e. The van der Waals surface area contributed by atoms with Gasteiger partial charge in [0, 0.05) is 24.8 Å². The van der Waals surface area contributed by atoms with Crippen molar-refractivity contribution in [2.24, 2.45) is 0 Å². The fourth-order valence-corrected chi connectivity index (χ4v) is 2.93. The van der Waals surface area contributed by atoms with Crippen LogP contribution in [0.3, 0.4) is 0 Å². The van der Waals surface area contributed by atoms with Crippen molar-refractivity contribution in [3.8, 4) is 11.5 Å². The number of hydrogen-bond donors (Lipinski definition) is 2. The van der Waals surface area contributed by atoms with E-state index in [4.69, 9.17) is 9.47 Å². The molecule has 2 aromatic carbocycles. The number of rotatable bonds is 9. The van der Waals surface area contributed by atoms with Crippen molar-refractivity contribution in [2.45, 2.75) is 19.9 Å². The molecule has 0 saturated carbocycles. The smallest absolute Gasteiger partial charge is 0.224 e. The first-order valence-electron chi connectivity index (χ1n) is 9.37. The van der Waals surface area contributed by atoms with Crippen LogP contribution in [0.4, 0.5) is 16.2 Å². The number of ether oxygens (including phenoxy) is 2. The maximum atomic E-state index is 13.7. The summed E-state index contributed by atoms with van der Waals surface area (Å²) >= 11 is 0. The lowest BCUT2D eigenvalue weighted by molar-refractivity contribution is 0.354. The van der Waals surface area contributed by atoms with Crippen molar-refractivity contribution in [3.05, 3.63) is 71.2 Å². The number of aromatic nitrogens is 2. The highest BCUT2D eigenvalue weighted by Crippen LogP contribution is 2.27. The molecule has 0 atom stereocenters. The number of halogens is 1. The quantitative estimate of drug-likeness (QED) is 0.565. The number of nitrogens with zero attached hydrogens (tertiary/aromatic N) is 2. The minimum Gasteiger partial charge on any atom is -0.493 e. The molecule has 7 heteroatoms. The molecule has 152 valence electrons. The van der Waals surface area contributed by atoms with Gasteiger partial charge >= 0.3 is 0 Å². The van der Waals surface area contributed by atoms with E-state index in [-0.39, 0.29) is 5.82 Å². The standard InChI is InChI=1S/C22H25FN4O2/c1-15-12-21(25-14-16-8-9-19(28-2)20(13-16)29-3)27-22(26-15)24-11-10-17-6-4-5-7-18(17)23/h4-9,12-13H,10-11,14H2,1-3H3,(H2,24,25,26,27). The summed E-state index contributed by atoms with van der Waals surface area (Å²) in [5.41, 5.74) is 2.54. The molecule has 0 spiro atoms. The summed E-state index contributed by atoms with van der Waals surface area (Å²) in [5, 5.41) is 6.47. The fourth-order valence-electron chi connectivity index (χ4n) is 2.93. The molecule has 0 saturated heterocycles. The second kappa shape index (κ2) is 9.73. The minimum atomic E-state index is -0.197. The van der Waals surface area contributed by atoms with Crippen LogP contribution >= 0.6 is 0 Å². The van der Waals surface area contributed by atoms with E-state index in [0.29, 0.717) is 48.3 Å². The van der Waals surface area contributed by atoms with Crippen molar-refractivity contribution >= 4 is 11.8 Å². The predicted molar refractivity (Wildman–Crippen MR) is 112 cm³/mol. The van der Waals surface area contributed by atoms with Gasteiger partial charge in [-0.15, -0.1) is 0 Å². The largest absolute Gasteiger partial charge is 0.493 e. The van der Waals surface area contributed by atoms with Crippen molar-refractivity contribution in [1.29, 1.82) is 0 Å². The van der Waals surface area contributed by atoms with Gasteiger partial charge in [0.15, 0.2) is 11.5 Å². The predicted octanol–water partition coefficient (Wildman–Crippen LogP) is 4.21. The van der Waals surface area contributed by atoms with Crippen LogP contribution in [0.15, 0.2) is 48.5 Å². The van der Waals surface area contributed by atoms with E-state index < -0.39 is 0 Å². The number of methoxy groups -OCH3 is 2. The van der Waals surface area contributed by atoms with E-state index in [1.165, 1.54) is 6.07 Å². The van der Waals surface area contributed by atoms with Gasteiger partial charge in [-0.25, -0.2) is 9.37 Å². The molecular weight excluding hydrogens is 371 g/mol. The van der Waals surface area contributed by atoms with Gasteiger partial charge < -0.3 is 20.1 Å². The molecule has 0 bridgehead atoms. The van der Waals surface area contributed by atoms with Crippen LogP contribution in [0, 0.1) is 12.7 Å². The van der Waals surface area contributed by atoms with E-state index in [0.717, 1.165) is 11.3 Å². The maximum absolute atomic E-state index is 13.7. The van der Waals surface area contributed by atoms with E-state index in [1.54, 1.807) is 26.4 Å². The van der Waals surface area contributed by atoms with Crippen molar-refractivity contribution in [1.82, 2.24) is 9.97 Å². The first-order valence-corrected chi connectivity index (χ1v) is 9.37. The van der Waals surface area contributed by atoms with Gasteiger partial charge in [0.1, 0.15) is 11.6 Å². The summed E-state index contributed by atoms with van der Waals surface area (Å²) in [7, 11) is 3.22. The molecule has 0 fully saturated rings. The Labute approximate surface area is 170 Å². The summed E-state index contributed by atoms with van der Waals surface area (Å²) < 4.78 is 24.3. The van der Waals surface area contributed by atoms with Crippen LogP contribution < -0.4 is 20.1 Å². The average Bonchev–Trinajstić information content (AvgIpc) is 2.73. The molecule has 3 aromatic rings. The second-order valence-corrected chi connectivity index (χ2v) is 6.53. The fraction of sp³-hybridized carbons (Fsp3) is 0.273. The van der Waals surface area contributed by atoms with E-state index in [9.17, 15) is 4.39 Å². The Morgan fingerprint density at radius 3 is 2.48 bits per heavy atom. The molecule has 1 heterocycles. The molecule has 0 aliphatic heterocycles. The number of benzene rings is 2. The number of nitrogens with one attached hydrogen (secondary N) is 2. The first kappa shape index (κ1) is 20.4. The Kier molecular flexibility index (Phi) is 6.84. The normalized spacial score (nSPS) is 10.5. The van der Waals surface area contributed by atoms with Crippen LogP contribution in [0.25, 0.3) is 0 Å². The SMILES string of the molecule is COc1ccc(CNc2cc(C)nc(NCCc3ccccc3F)n2)cc1OC. The van der Waals surface area contributed by atoms with Gasteiger partial charge in [-0.3, -0.25) is 0 Å². The first-order chi connectivity index (χ1) is 14.1. The highest BCUT2D eigenvalue weighted by atomic mass is 19.1. The van der Waals surface area contributed by atoms with Crippen LogP contribution in [-0.2, 0) is 13.0 Å². The summed E-state index contributed by atoms with van der Waals surface area (Å²) in [6.45, 7) is 3.02. The Balaban J connectivity index is 1.61. The van der Waals surface area contributed by atoms with Gasteiger partial charge in [-0.05, 0) is 42.7 Å². The van der Waals surface area contributed by atoms with E-state index in [2.05, 4.69) is 20.6 Å². The van der Waals surface area contributed by atoms with Crippen LogP contribution in [0.1, 0.15) is 16.8 Å². The zero-order valence-electron chi connectivity index (χ0n) is 16.8. The van der Waals surface area contributed by atoms with E-state index in [1.807, 2.05) is 37.3 Å². The van der Waals surface area contributed by atoms with E-state index >= 15 is 0 Å². The molecule has 0 radical (unpaired) electrons. The summed E-state index contributed by atoms with van der Waals surface area (Å²) in [5.74, 6) is 2.39. The topological polar surface area (TPSA) is 68.3 Å². The molecule has 3 rings (SSSR count). The molecule has 0 unspecified atom stereocenters. The molecule has 29 heavy (non-hydrogen) atoms. The van der Waals surface area contributed by atoms with Gasteiger partial charge in [0.25, 0.3) is 0 Å². The molecule has 2 N–H and O–H groups in total. The minimum absolute atomic E-state index is 0.197. The summed E-state index contributed by atoms with van der Waals surface area (Å²) in [6.07, 6.45) is 0.554. The molecule has 6 nitrogen and oxygen atoms in total. The lowest BCUT2D eigenvalue weighted by atomic mass is 10.1. The van der Waals surface area contributed by atoms with Crippen LogP contribution in [0.5, 0.6) is 11.5 Å². The van der Waals surface area contributed by atoms with Crippen molar-refractivity contribution < 1.29 is 13.9 Å². The number of hydrogen-bond acceptors (Lipinski definition) is 6. The van der Waals surface area contributed by atoms with Crippen molar-refractivity contribution in [3.63, 3.8) is 0 Å². The molecule has 1 aromatic heterocycles. The third kappa shape index (κ3) is 5.57. The van der Waals surface area contributed by atoms with Crippen molar-refractivity contribution in [2.75, 3.05) is 31.4 Å². The lowest BCUT2D eigenvalue weighted by Crippen LogP contribution is -2.11. The average molecular weight is 396 g/mol. The number of aryl methyl sites for hydroxylation is 1. The Morgan fingerprint density at radius 2 is 1.72 bits per heavy atom. The number of anilines is 2. The van der Waals surface area contributed by atoms with Crippen LogP contribution in [-0.4, -0.2) is 30.7 Å². The summed E-state index contributed by atoms with van der Waals surface area (Å²) in [4.78, 5) is 8.90. The molecular formula is C22H25FN4O2. The third-order valence-electron chi connectivity index (χ3n) is 4.41. The van der Waals surface area contributed by atoms with Crippen LogP contribution in [0.2, 0.25) is 0 Å². The zero-order chi connectivity index (χ0) is 20.6. The zero-order valence-corrected chi connectivity index (χ0v) is 16.8. The Bertz CT molecular complexity index is 965. The van der Waals surface area contributed by atoms with Gasteiger partial charge in [-0.1, -0.05) is 24.3 Å².